The number of nitrogens with zero attached hydrogens (tertiary/aromatic N) is 3. The lowest BCUT2D eigenvalue weighted by molar-refractivity contribution is -0.385. The monoisotopic (exact) mass is 331 g/mol. The van der Waals surface area contributed by atoms with Crippen molar-refractivity contribution >= 4 is 33.5 Å². The third-order valence-corrected chi connectivity index (χ3v) is 4.33. The minimum Gasteiger partial charge on any atom is -0.463 e. The van der Waals surface area contributed by atoms with Crippen LogP contribution in [-0.2, 0) is 9.53 Å². The van der Waals surface area contributed by atoms with Crippen molar-refractivity contribution in [1.29, 1.82) is 0 Å². The first-order valence-corrected chi connectivity index (χ1v) is 7.76. The molecule has 0 bridgehead atoms. The summed E-state index contributed by atoms with van der Waals surface area (Å²) in [6, 6.07) is 6.55. The molecule has 0 amide bonds. The molecule has 1 aromatic carbocycles. The molecular formula is C15H13N3O4S. The van der Waals surface area contributed by atoms with Crippen LogP contribution < -0.4 is 0 Å². The van der Waals surface area contributed by atoms with Gasteiger partial charge >= 0.3 is 5.97 Å². The van der Waals surface area contributed by atoms with E-state index in [9.17, 15) is 14.9 Å². The van der Waals surface area contributed by atoms with E-state index >= 15 is 0 Å². The van der Waals surface area contributed by atoms with Gasteiger partial charge in [0.2, 0.25) is 0 Å². The maximum Gasteiger partial charge on any atom is 0.337 e. The van der Waals surface area contributed by atoms with Crippen molar-refractivity contribution in [1.82, 2.24) is 4.90 Å². The number of hydrogen-bond donors (Lipinski definition) is 0. The van der Waals surface area contributed by atoms with Crippen LogP contribution in [0, 0.1) is 10.1 Å². The molecule has 0 aromatic heterocycles. The van der Waals surface area contributed by atoms with Crippen LogP contribution in [0.3, 0.4) is 0 Å². The Hall–Kier alpha value is -2.61. The first-order chi connectivity index (χ1) is 11.1. The maximum absolute atomic E-state index is 11.8. The van der Waals surface area contributed by atoms with Gasteiger partial charge < -0.3 is 9.64 Å². The maximum atomic E-state index is 11.8. The summed E-state index contributed by atoms with van der Waals surface area (Å²) in [6.45, 7) is 2.29. The Morgan fingerprint density at radius 1 is 1.43 bits per heavy atom. The Bertz CT molecular complexity index is 770. The van der Waals surface area contributed by atoms with Gasteiger partial charge in [-0.3, -0.25) is 15.1 Å². The second kappa shape index (κ2) is 6.25. The minimum absolute atomic E-state index is 0.0429. The summed E-state index contributed by atoms with van der Waals surface area (Å²) in [5.74, 6) is -0.396. The predicted molar refractivity (Wildman–Crippen MR) is 87.5 cm³/mol. The number of benzene rings is 1. The molecule has 0 fully saturated rings. The van der Waals surface area contributed by atoms with E-state index in [2.05, 4.69) is 4.99 Å². The van der Waals surface area contributed by atoms with E-state index in [1.807, 2.05) is 0 Å². The van der Waals surface area contributed by atoms with E-state index < -0.39 is 10.9 Å². The van der Waals surface area contributed by atoms with Gasteiger partial charge in [-0.2, -0.15) is 0 Å². The van der Waals surface area contributed by atoms with Crippen molar-refractivity contribution in [2.45, 2.75) is 6.92 Å². The SMILES string of the molecule is CCOC(=O)C1=CN2C=C(c3ccccc3[N+](=O)[O-])SC2=NC1. The van der Waals surface area contributed by atoms with Gasteiger partial charge in [-0.15, -0.1) is 0 Å². The second-order valence-corrected chi connectivity index (χ2v) is 5.76. The molecule has 0 saturated carbocycles. The molecular weight excluding hydrogens is 318 g/mol. The molecule has 0 saturated heterocycles. The van der Waals surface area contributed by atoms with E-state index in [-0.39, 0.29) is 12.2 Å². The third kappa shape index (κ3) is 2.98. The molecule has 0 aliphatic carbocycles. The fourth-order valence-electron chi connectivity index (χ4n) is 2.23. The van der Waals surface area contributed by atoms with Crippen molar-refractivity contribution in [3.8, 4) is 0 Å². The van der Waals surface area contributed by atoms with E-state index in [0.717, 1.165) is 4.91 Å². The molecule has 118 valence electrons. The smallest absolute Gasteiger partial charge is 0.337 e. The van der Waals surface area contributed by atoms with Gasteiger partial charge in [0, 0.05) is 23.4 Å². The van der Waals surface area contributed by atoms with Crippen LogP contribution in [-0.4, -0.2) is 34.1 Å². The number of amidine groups is 1. The fourth-order valence-corrected chi connectivity index (χ4v) is 3.22. The molecule has 23 heavy (non-hydrogen) atoms. The van der Waals surface area contributed by atoms with Crippen LogP contribution in [0.5, 0.6) is 0 Å². The molecule has 7 nitrogen and oxygen atoms in total. The van der Waals surface area contributed by atoms with Crippen LogP contribution in [0.15, 0.2) is 47.2 Å². The van der Waals surface area contributed by atoms with Gasteiger partial charge in [-0.25, -0.2) is 4.79 Å². The molecule has 8 heteroatoms. The van der Waals surface area contributed by atoms with Crippen LogP contribution in [0.25, 0.3) is 4.91 Å². The zero-order valence-corrected chi connectivity index (χ0v) is 13.1. The van der Waals surface area contributed by atoms with Gasteiger partial charge in [0.15, 0.2) is 5.17 Å². The third-order valence-electron chi connectivity index (χ3n) is 3.26. The highest BCUT2D eigenvalue weighted by molar-refractivity contribution is 8.22. The standard InChI is InChI=1S/C15H13N3O4S/c1-2-22-14(19)10-7-16-15-17(8-10)9-13(23-15)11-5-3-4-6-12(11)18(20)21/h3-6,8-9H,2,7H2,1H3. The van der Waals surface area contributed by atoms with Gasteiger partial charge in [-0.1, -0.05) is 12.1 Å². The van der Waals surface area contributed by atoms with Gasteiger partial charge in [-0.05, 0) is 24.8 Å². The highest BCUT2D eigenvalue weighted by Crippen LogP contribution is 2.41. The molecule has 2 aliphatic rings. The lowest BCUT2D eigenvalue weighted by Crippen LogP contribution is -2.23. The minimum atomic E-state index is -0.407. The number of carbonyl (C=O) groups excluding carboxylic acids is 1. The Balaban J connectivity index is 1.90. The summed E-state index contributed by atoms with van der Waals surface area (Å²) in [7, 11) is 0. The van der Waals surface area contributed by atoms with Crippen molar-refractivity contribution in [3.05, 3.63) is 57.9 Å². The Morgan fingerprint density at radius 2 is 2.22 bits per heavy atom. The number of nitro benzene ring substituents is 1. The number of fused-ring (bicyclic) bond motifs is 1. The lowest BCUT2D eigenvalue weighted by Gasteiger charge is -2.17. The zero-order valence-electron chi connectivity index (χ0n) is 12.3. The van der Waals surface area contributed by atoms with Crippen LogP contribution in [0.4, 0.5) is 5.69 Å². The summed E-state index contributed by atoms with van der Waals surface area (Å²) in [4.78, 5) is 29.3. The molecule has 0 N–H and O–H groups in total. The largest absolute Gasteiger partial charge is 0.463 e. The highest BCUT2D eigenvalue weighted by Gasteiger charge is 2.29. The number of carbonyl (C=O) groups is 1. The van der Waals surface area contributed by atoms with Crippen molar-refractivity contribution < 1.29 is 14.5 Å². The number of hydrogen-bond acceptors (Lipinski definition) is 7. The first-order valence-electron chi connectivity index (χ1n) is 6.94. The lowest BCUT2D eigenvalue weighted by atomic mass is 10.1. The van der Waals surface area contributed by atoms with E-state index in [1.165, 1.54) is 17.8 Å². The topological polar surface area (TPSA) is 85.0 Å². The Labute approximate surface area is 136 Å². The molecule has 0 spiro atoms. The molecule has 2 aliphatic heterocycles. The van der Waals surface area contributed by atoms with Gasteiger partial charge in [0.05, 0.1) is 29.2 Å². The van der Waals surface area contributed by atoms with E-state index in [0.29, 0.717) is 22.9 Å². The van der Waals surface area contributed by atoms with E-state index in [4.69, 9.17) is 4.74 Å². The second-order valence-electron chi connectivity index (χ2n) is 4.75. The number of aliphatic imine (C=N–C) groups is 1. The number of para-hydroxylation sites is 1. The average molecular weight is 331 g/mol. The normalized spacial score (nSPS) is 16.2. The Morgan fingerprint density at radius 3 is 2.96 bits per heavy atom. The fraction of sp³-hybridized carbons (Fsp3) is 0.200. The zero-order chi connectivity index (χ0) is 16.4. The van der Waals surface area contributed by atoms with Crippen molar-refractivity contribution in [2.24, 2.45) is 4.99 Å². The number of thioether (sulfide) groups is 1. The van der Waals surface area contributed by atoms with Crippen LogP contribution in [0.2, 0.25) is 0 Å². The molecule has 0 unspecified atom stereocenters. The Kier molecular flexibility index (Phi) is 4.16. The summed E-state index contributed by atoms with van der Waals surface area (Å²) >= 11 is 1.34. The summed E-state index contributed by atoms with van der Waals surface area (Å²) in [6.07, 6.45) is 3.40. The summed E-state index contributed by atoms with van der Waals surface area (Å²) in [5, 5.41) is 11.8. The summed E-state index contributed by atoms with van der Waals surface area (Å²) in [5.41, 5.74) is 1.03. The predicted octanol–water partition coefficient (Wildman–Crippen LogP) is 2.76. The molecule has 0 atom stereocenters. The summed E-state index contributed by atoms with van der Waals surface area (Å²) < 4.78 is 4.97. The van der Waals surface area contributed by atoms with Crippen LogP contribution >= 0.6 is 11.8 Å². The van der Waals surface area contributed by atoms with E-state index in [1.54, 1.807) is 42.4 Å². The van der Waals surface area contributed by atoms with Crippen LogP contribution in [0.1, 0.15) is 12.5 Å². The molecule has 0 radical (unpaired) electrons. The van der Waals surface area contributed by atoms with Gasteiger partial charge in [0.1, 0.15) is 0 Å². The first kappa shape index (κ1) is 15.3. The average Bonchev–Trinajstić information content (AvgIpc) is 2.98. The van der Waals surface area contributed by atoms with Crippen molar-refractivity contribution in [3.63, 3.8) is 0 Å². The number of esters is 1. The molecule has 3 rings (SSSR count). The number of nitro groups is 1. The quantitative estimate of drug-likeness (QED) is 0.479. The van der Waals surface area contributed by atoms with Gasteiger partial charge in [0.25, 0.3) is 5.69 Å². The van der Waals surface area contributed by atoms with Crippen molar-refractivity contribution in [2.75, 3.05) is 13.2 Å². The number of ether oxygens (including phenoxy) is 1. The molecule has 2 heterocycles. The molecule has 1 aromatic rings. The number of rotatable bonds is 4. The highest BCUT2D eigenvalue weighted by atomic mass is 32.2.